The Labute approximate surface area is 232 Å². The van der Waals surface area contributed by atoms with E-state index in [1.165, 1.54) is 37.4 Å². The number of ether oxygens (including phenoxy) is 5. The minimum atomic E-state index is -4.58. The van der Waals surface area contributed by atoms with Crippen molar-refractivity contribution < 1.29 is 41.7 Å². The molecule has 0 bridgehead atoms. The highest BCUT2D eigenvalue weighted by molar-refractivity contribution is 6.04. The lowest BCUT2D eigenvalue weighted by Crippen LogP contribution is -2.21. The molecule has 1 amide bonds. The van der Waals surface area contributed by atoms with Gasteiger partial charge >= 0.3 is 6.18 Å². The number of amides is 1. The zero-order valence-electron chi connectivity index (χ0n) is 22.1. The van der Waals surface area contributed by atoms with Crippen LogP contribution in [0.25, 0.3) is 10.9 Å². The molecule has 1 aliphatic heterocycles. The van der Waals surface area contributed by atoms with E-state index in [0.717, 1.165) is 0 Å². The topological polar surface area (TPSA) is 119 Å². The Morgan fingerprint density at radius 3 is 2.49 bits per heavy atom. The molecule has 1 aromatic carbocycles. The number of hydrogen-bond acceptors (Lipinski definition) is 9. The lowest BCUT2D eigenvalue weighted by atomic mass is 10.1. The van der Waals surface area contributed by atoms with Crippen LogP contribution in [0.2, 0.25) is 0 Å². The number of fused-ring (bicyclic) bond motifs is 1. The number of nitrogens with one attached hydrogen (secondary N) is 1. The predicted octanol–water partition coefficient (Wildman–Crippen LogP) is 5.18. The van der Waals surface area contributed by atoms with Crippen LogP contribution in [0.4, 0.5) is 19.0 Å². The molecule has 0 radical (unpaired) electrons. The summed E-state index contributed by atoms with van der Waals surface area (Å²) in [6.45, 7) is -0.584. The largest absolute Gasteiger partial charge is 0.493 e. The minimum Gasteiger partial charge on any atom is -0.493 e. The van der Waals surface area contributed by atoms with E-state index in [0.29, 0.717) is 60.0 Å². The highest BCUT2D eigenvalue weighted by Gasteiger charge is 2.31. The molecule has 0 saturated carbocycles. The van der Waals surface area contributed by atoms with E-state index in [4.69, 9.17) is 23.7 Å². The normalized spacial score (nSPS) is 14.1. The van der Waals surface area contributed by atoms with Crippen LogP contribution in [0.5, 0.6) is 28.7 Å². The minimum absolute atomic E-state index is 0.126. The van der Waals surface area contributed by atoms with E-state index >= 15 is 0 Å². The van der Waals surface area contributed by atoms with Gasteiger partial charge in [0.2, 0.25) is 0 Å². The molecule has 41 heavy (non-hydrogen) atoms. The van der Waals surface area contributed by atoms with Crippen LogP contribution in [0.1, 0.15) is 29.4 Å². The van der Waals surface area contributed by atoms with E-state index in [2.05, 4.69) is 20.4 Å². The standard InChI is InChI=1S/C27H26F3N5O6/c1-37-21-11-18-19(12-22(21)38-2)31-8-5-20(18)41-17-3-4-24(32-13-17)33-26(36)25-23(40-15-27(28,29)30)14-35(34-25)16-6-9-39-10-7-16/h3-5,8,11-14,16H,6-7,9-10,15H2,1-2H3,(H,32,33,36). The van der Waals surface area contributed by atoms with E-state index in [9.17, 15) is 18.0 Å². The number of aromatic nitrogens is 4. The molecule has 0 atom stereocenters. The van der Waals surface area contributed by atoms with Gasteiger partial charge in [-0.15, -0.1) is 0 Å². The number of nitrogens with zero attached hydrogens (tertiary/aromatic N) is 4. The van der Waals surface area contributed by atoms with Gasteiger partial charge in [-0.05, 0) is 37.1 Å². The van der Waals surface area contributed by atoms with Gasteiger partial charge in [-0.3, -0.25) is 14.5 Å². The molecule has 3 aromatic heterocycles. The Bertz CT molecular complexity index is 1520. The molecule has 4 heterocycles. The number of methoxy groups -OCH3 is 2. The summed E-state index contributed by atoms with van der Waals surface area (Å²) in [6.07, 6.45) is 0.927. The highest BCUT2D eigenvalue weighted by Crippen LogP contribution is 2.37. The van der Waals surface area contributed by atoms with Crippen molar-refractivity contribution in [3.05, 3.63) is 54.6 Å². The summed E-state index contributed by atoms with van der Waals surface area (Å²) in [5.41, 5.74) is 0.344. The van der Waals surface area contributed by atoms with Crippen molar-refractivity contribution in [1.29, 1.82) is 0 Å². The molecular weight excluding hydrogens is 547 g/mol. The van der Waals surface area contributed by atoms with Crippen molar-refractivity contribution in [2.45, 2.75) is 25.1 Å². The van der Waals surface area contributed by atoms with Gasteiger partial charge < -0.3 is 29.0 Å². The van der Waals surface area contributed by atoms with Gasteiger partial charge in [0.05, 0.1) is 38.2 Å². The number of anilines is 1. The third kappa shape index (κ3) is 6.60. The zero-order valence-corrected chi connectivity index (χ0v) is 22.1. The number of halogens is 3. The van der Waals surface area contributed by atoms with Gasteiger partial charge in [0.25, 0.3) is 5.91 Å². The lowest BCUT2D eigenvalue weighted by molar-refractivity contribution is -0.153. The van der Waals surface area contributed by atoms with Crippen molar-refractivity contribution in [2.24, 2.45) is 0 Å². The second kappa shape index (κ2) is 11.9. The molecule has 216 valence electrons. The Hall–Kier alpha value is -4.59. The van der Waals surface area contributed by atoms with Gasteiger partial charge in [0.15, 0.2) is 29.5 Å². The van der Waals surface area contributed by atoms with Gasteiger partial charge in [0.1, 0.15) is 17.3 Å². The first-order valence-electron chi connectivity index (χ1n) is 12.6. The molecule has 1 saturated heterocycles. The predicted molar refractivity (Wildman–Crippen MR) is 140 cm³/mol. The van der Waals surface area contributed by atoms with Gasteiger partial charge in [0, 0.05) is 30.9 Å². The Balaban J connectivity index is 1.32. The smallest absolute Gasteiger partial charge is 0.422 e. The zero-order chi connectivity index (χ0) is 29.0. The SMILES string of the molecule is COc1cc2nccc(Oc3ccc(NC(=O)c4nn(C5CCOCC5)cc4OCC(F)(F)F)nc3)c2cc1OC. The Morgan fingerprint density at radius 2 is 1.80 bits per heavy atom. The first-order valence-corrected chi connectivity index (χ1v) is 12.6. The molecule has 1 N–H and O–H groups in total. The molecule has 0 unspecified atom stereocenters. The average Bonchev–Trinajstić information content (AvgIpc) is 3.41. The summed E-state index contributed by atoms with van der Waals surface area (Å²) in [6, 6.07) is 8.10. The fraction of sp³-hybridized carbons (Fsp3) is 0.333. The number of hydrogen-bond donors (Lipinski definition) is 1. The molecule has 5 rings (SSSR count). The maximum Gasteiger partial charge on any atom is 0.422 e. The average molecular weight is 574 g/mol. The van der Waals surface area contributed by atoms with E-state index in [1.54, 1.807) is 30.5 Å². The maximum atomic E-state index is 13.0. The number of rotatable bonds is 9. The lowest BCUT2D eigenvalue weighted by Gasteiger charge is -2.22. The van der Waals surface area contributed by atoms with Gasteiger partial charge in [-0.25, -0.2) is 4.98 Å². The van der Waals surface area contributed by atoms with Crippen molar-refractivity contribution >= 4 is 22.6 Å². The molecule has 1 fully saturated rings. The number of pyridine rings is 2. The fourth-order valence-corrected chi connectivity index (χ4v) is 4.29. The van der Waals surface area contributed by atoms with Gasteiger partial charge in [-0.1, -0.05) is 0 Å². The Morgan fingerprint density at radius 1 is 1.05 bits per heavy atom. The monoisotopic (exact) mass is 573 g/mol. The first kappa shape index (κ1) is 28.0. The van der Waals surface area contributed by atoms with Crippen LogP contribution in [0.3, 0.4) is 0 Å². The molecular formula is C27H26F3N5O6. The first-order chi connectivity index (χ1) is 19.7. The van der Waals surface area contributed by atoms with Crippen LogP contribution in [0.15, 0.2) is 48.9 Å². The summed E-state index contributed by atoms with van der Waals surface area (Å²) in [7, 11) is 3.06. The summed E-state index contributed by atoms with van der Waals surface area (Å²) < 4.78 is 66.9. The highest BCUT2D eigenvalue weighted by atomic mass is 19.4. The molecule has 0 aliphatic carbocycles. The van der Waals surface area contributed by atoms with Crippen molar-refractivity contribution in [3.63, 3.8) is 0 Å². The van der Waals surface area contributed by atoms with E-state index < -0.39 is 18.7 Å². The van der Waals surface area contributed by atoms with E-state index in [-0.39, 0.29) is 23.3 Å². The molecule has 1 aliphatic rings. The van der Waals surface area contributed by atoms with Crippen LogP contribution >= 0.6 is 0 Å². The third-order valence-corrected chi connectivity index (χ3v) is 6.28. The summed E-state index contributed by atoms with van der Waals surface area (Å²) >= 11 is 0. The van der Waals surface area contributed by atoms with Crippen LogP contribution in [0, 0.1) is 0 Å². The summed E-state index contributed by atoms with van der Waals surface area (Å²) in [4.78, 5) is 21.6. The van der Waals surface area contributed by atoms with Gasteiger partial charge in [-0.2, -0.15) is 18.3 Å². The van der Waals surface area contributed by atoms with Crippen LogP contribution < -0.4 is 24.3 Å². The molecule has 0 spiro atoms. The Kier molecular flexibility index (Phi) is 8.10. The fourth-order valence-electron chi connectivity index (χ4n) is 4.29. The number of benzene rings is 1. The van der Waals surface area contributed by atoms with Crippen molar-refractivity contribution in [1.82, 2.24) is 19.7 Å². The molecule has 4 aromatic rings. The second-order valence-electron chi connectivity index (χ2n) is 9.04. The third-order valence-electron chi connectivity index (χ3n) is 6.28. The van der Waals surface area contributed by atoms with Crippen molar-refractivity contribution in [3.8, 4) is 28.7 Å². The van der Waals surface area contributed by atoms with Crippen molar-refractivity contribution in [2.75, 3.05) is 39.4 Å². The number of carbonyl (C=O) groups excluding carboxylic acids is 1. The van der Waals surface area contributed by atoms with E-state index in [1.807, 2.05) is 0 Å². The quantitative estimate of drug-likeness (QED) is 0.289. The summed E-state index contributed by atoms with van der Waals surface area (Å²) in [5.74, 6) is 0.972. The second-order valence-corrected chi connectivity index (χ2v) is 9.04. The number of carbonyl (C=O) groups is 1. The summed E-state index contributed by atoms with van der Waals surface area (Å²) in [5, 5.41) is 7.47. The maximum absolute atomic E-state index is 13.0. The van der Waals surface area contributed by atoms with Crippen LogP contribution in [-0.4, -0.2) is 65.9 Å². The number of alkyl halides is 3. The molecule has 11 nitrogen and oxygen atoms in total. The molecule has 14 heteroatoms. The van der Waals surface area contributed by atoms with Crippen LogP contribution in [-0.2, 0) is 4.74 Å².